The minimum absolute atomic E-state index is 0.111. The maximum absolute atomic E-state index is 12.5. The van der Waals surface area contributed by atoms with Gasteiger partial charge in [-0.15, -0.1) is 0 Å². The molecule has 2 fully saturated rings. The molecular formula is C18H23N3O4. The van der Waals surface area contributed by atoms with Crippen LogP contribution in [0.3, 0.4) is 0 Å². The Bertz CT molecular complexity index is 678. The normalized spacial score (nSPS) is 25.3. The maximum atomic E-state index is 12.5. The van der Waals surface area contributed by atoms with Gasteiger partial charge in [-0.05, 0) is 25.0 Å². The molecule has 1 N–H and O–H groups in total. The summed E-state index contributed by atoms with van der Waals surface area (Å²) in [5.41, 5.74) is -0.333. The summed E-state index contributed by atoms with van der Waals surface area (Å²) in [7, 11) is 0. The number of aliphatic carboxylic acids is 1. The largest absolute Gasteiger partial charge is 0.481 e. The Morgan fingerprint density at radius 2 is 2.16 bits per heavy atom. The lowest BCUT2D eigenvalue weighted by atomic mass is 9.81. The summed E-state index contributed by atoms with van der Waals surface area (Å²) in [6, 6.07) is 5.54. The van der Waals surface area contributed by atoms with Crippen molar-refractivity contribution in [1.82, 2.24) is 14.8 Å². The van der Waals surface area contributed by atoms with E-state index in [1.54, 1.807) is 16.0 Å². The number of carbonyl (C=O) groups is 3. The van der Waals surface area contributed by atoms with Gasteiger partial charge < -0.3 is 14.9 Å². The van der Waals surface area contributed by atoms with Crippen molar-refractivity contribution in [2.75, 3.05) is 26.2 Å². The second-order valence-corrected chi connectivity index (χ2v) is 6.87. The van der Waals surface area contributed by atoms with Crippen molar-refractivity contribution in [3.8, 4) is 0 Å². The van der Waals surface area contributed by atoms with Gasteiger partial charge >= 0.3 is 5.97 Å². The summed E-state index contributed by atoms with van der Waals surface area (Å²) in [6.07, 6.45) is 3.25. The van der Waals surface area contributed by atoms with Crippen molar-refractivity contribution in [2.24, 2.45) is 11.3 Å². The molecule has 0 aromatic carbocycles. The highest BCUT2D eigenvalue weighted by Gasteiger charge is 2.62. The first-order valence-electron chi connectivity index (χ1n) is 8.68. The van der Waals surface area contributed by atoms with Crippen LogP contribution in [0, 0.1) is 11.3 Å². The molecule has 0 unspecified atom stereocenters. The first-order valence-corrected chi connectivity index (χ1v) is 8.68. The van der Waals surface area contributed by atoms with E-state index in [0.717, 1.165) is 12.1 Å². The Balaban J connectivity index is 1.68. The fourth-order valence-electron chi connectivity index (χ4n) is 3.90. The van der Waals surface area contributed by atoms with Crippen LogP contribution in [0.2, 0.25) is 0 Å². The number of rotatable bonds is 6. The molecule has 2 atom stereocenters. The highest BCUT2D eigenvalue weighted by atomic mass is 16.4. The van der Waals surface area contributed by atoms with Gasteiger partial charge in [0.1, 0.15) is 5.41 Å². The summed E-state index contributed by atoms with van der Waals surface area (Å²) < 4.78 is 0. The summed E-state index contributed by atoms with van der Waals surface area (Å²) in [5, 5.41) is 9.76. The standard InChI is InChI=1S/C18H23N3O4/c1-2-9-20-11-18(17(24)25)12-21(10-14(18)16(20)23)15(22)7-6-13-5-3-4-8-19-13/h3-5,8,14H,2,6-7,9-12H2,1H3,(H,24,25)/t14-,18+/m0/s1. The zero-order chi connectivity index (χ0) is 18.0. The lowest BCUT2D eigenvalue weighted by Gasteiger charge is -2.25. The van der Waals surface area contributed by atoms with Gasteiger partial charge in [0.05, 0.1) is 5.92 Å². The highest BCUT2D eigenvalue weighted by molar-refractivity contribution is 5.94. The van der Waals surface area contributed by atoms with Gasteiger partial charge in [-0.3, -0.25) is 19.4 Å². The SMILES string of the molecule is CCCN1C[C@@]2(C(=O)O)CN(C(=O)CCc3ccccn3)C[C@H]2C1=O. The van der Waals surface area contributed by atoms with Gasteiger partial charge in [-0.1, -0.05) is 13.0 Å². The average Bonchev–Trinajstić information content (AvgIpc) is 3.11. The van der Waals surface area contributed by atoms with Crippen LogP contribution >= 0.6 is 0 Å². The Labute approximate surface area is 146 Å². The summed E-state index contributed by atoms with van der Waals surface area (Å²) in [4.78, 5) is 44.3. The number of aryl methyl sites for hydroxylation is 1. The van der Waals surface area contributed by atoms with Gasteiger partial charge in [0.25, 0.3) is 0 Å². The van der Waals surface area contributed by atoms with Gasteiger partial charge in [-0.2, -0.15) is 0 Å². The Morgan fingerprint density at radius 1 is 1.36 bits per heavy atom. The number of carbonyl (C=O) groups excluding carboxylic acids is 2. The van der Waals surface area contributed by atoms with Crippen molar-refractivity contribution in [2.45, 2.75) is 26.2 Å². The van der Waals surface area contributed by atoms with E-state index in [-0.39, 0.29) is 37.9 Å². The number of carboxylic acids is 1. The minimum Gasteiger partial charge on any atom is -0.481 e. The Morgan fingerprint density at radius 3 is 2.76 bits per heavy atom. The number of hydrogen-bond acceptors (Lipinski definition) is 4. The minimum atomic E-state index is -1.16. The molecular weight excluding hydrogens is 322 g/mol. The van der Waals surface area contributed by atoms with Crippen molar-refractivity contribution < 1.29 is 19.5 Å². The van der Waals surface area contributed by atoms with Crippen LogP contribution in [0.15, 0.2) is 24.4 Å². The number of carboxylic acid groups (broad SMARTS) is 1. The van der Waals surface area contributed by atoms with Crippen LogP contribution in [0.1, 0.15) is 25.5 Å². The molecule has 134 valence electrons. The van der Waals surface area contributed by atoms with E-state index in [2.05, 4.69) is 4.98 Å². The van der Waals surface area contributed by atoms with E-state index >= 15 is 0 Å². The van der Waals surface area contributed by atoms with Crippen molar-refractivity contribution in [3.05, 3.63) is 30.1 Å². The van der Waals surface area contributed by atoms with E-state index < -0.39 is 17.3 Å². The average molecular weight is 345 g/mol. The fourth-order valence-corrected chi connectivity index (χ4v) is 3.90. The van der Waals surface area contributed by atoms with Gasteiger partial charge in [0.15, 0.2) is 0 Å². The molecule has 0 bridgehead atoms. The number of fused-ring (bicyclic) bond motifs is 1. The molecule has 2 aliphatic rings. The molecule has 0 aliphatic carbocycles. The number of amides is 2. The molecule has 25 heavy (non-hydrogen) atoms. The maximum Gasteiger partial charge on any atom is 0.314 e. The van der Waals surface area contributed by atoms with Crippen molar-refractivity contribution in [3.63, 3.8) is 0 Å². The van der Waals surface area contributed by atoms with E-state index in [4.69, 9.17) is 0 Å². The summed E-state index contributed by atoms with van der Waals surface area (Å²) >= 11 is 0. The van der Waals surface area contributed by atoms with E-state index in [1.807, 2.05) is 25.1 Å². The van der Waals surface area contributed by atoms with Gasteiger partial charge in [0, 0.05) is 44.5 Å². The lowest BCUT2D eigenvalue weighted by Crippen LogP contribution is -2.42. The number of nitrogens with zero attached hydrogens (tertiary/aromatic N) is 3. The number of hydrogen-bond donors (Lipinski definition) is 1. The van der Waals surface area contributed by atoms with Crippen molar-refractivity contribution in [1.29, 1.82) is 0 Å². The third-order valence-electron chi connectivity index (χ3n) is 5.22. The smallest absolute Gasteiger partial charge is 0.314 e. The number of aromatic nitrogens is 1. The van der Waals surface area contributed by atoms with Gasteiger partial charge in [0.2, 0.25) is 11.8 Å². The van der Waals surface area contributed by atoms with Crippen LogP contribution in [-0.4, -0.2) is 63.9 Å². The zero-order valence-corrected chi connectivity index (χ0v) is 14.4. The van der Waals surface area contributed by atoms with E-state index in [1.165, 1.54) is 0 Å². The molecule has 1 aromatic heterocycles. The second kappa shape index (κ2) is 6.82. The summed E-state index contributed by atoms with van der Waals surface area (Å²) in [6.45, 7) is 3.04. The van der Waals surface area contributed by atoms with Crippen LogP contribution in [0.5, 0.6) is 0 Å². The van der Waals surface area contributed by atoms with E-state index in [9.17, 15) is 19.5 Å². The van der Waals surface area contributed by atoms with Gasteiger partial charge in [-0.25, -0.2) is 0 Å². The molecule has 1 aromatic rings. The fraction of sp³-hybridized carbons (Fsp3) is 0.556. The van der Waals surface area contributed by atoms with Crippen LogP contribution in [0.4, 0.5) is 0 Å². The molecule has 0 spiro atoms. The molecule has 2 amide bonds. The molecule has 0 saturated carbocycles. The molecule has 0 radical (unpaired) electrons. The first-order chi connectivity index (χ1) is 12.0. The molecule has 7 heteroatoms. The molecule has 3 heterocycles. The molecule has 7 nitrogen and oxygen atoms in total. The highest BCUT2D eigenvalue weighted by Crippen LogP contribution is 2.43. The number of likely N-dealkylation sites (tertiary alicyclic amines) is 2. The third kappa shape index (κ3) is 3.10. The topological polar surface area (TPSA) is 90.8 Å². The van der Waals surface area contributed by atoms with Crippen LogP contribution < -0.4 is 0 Å². The van der Waals surface area contributed by atoms with Crippen LogP contribution in [-0.2, 0) is 20.8 Å². The third-order valence-corrected chi connectivity index (χ3v) is 5.22. The molecule has 2 saturated heterocycles. The van der Waals surface area contributed by atoms with E-state index in [0.29, 0.717) is 13.0 Å². The molecule has 2 aliphatic heterocycles. The first kappa shape index (κ1) is 17.4. The zero-order valence-electron chi connectivity index (χ0n) is 14.4. The number of pyridine rings is 1. The lowest BCUT2D eigenvalue weighted by molar-refractivity contribution is -0.150. The quantitative estimate of drug-likeness (QED) is 0.823. The predicted octanol–water partition coefficient (Wildman–Crippen LogP) is 0.796. The Kier molecular flexibility index (Phi) is 4.74. The second-order valence-electron chi connectivity index (χ2n) is 6.87. The van der Waals surface area contributed by atoms with Crippen molar-refractivity contribution >= 4 is 17.8 Å². The summed E-state index contributed by atoms with van der Waals surface area (Å²) in [5.74, 6) is -1.86. The molecule has 3 rings (SSSR count). The predicted molar refractivity (Wildman–Crippen MR) is 89.6 cm³/mol. The van der Waals surface area contributed by atoms with Crippen LogP contribution in [0.25, 0.3) is 0 Å². The Hall–Kier alpha value is -2.44. The monoisotopic (exact) mass is 345 g/mol.